The number of carbonyl (C=O) groups is 1. The van der Waals surface area contributed by atoms with Crippen LogP contribution in [0.2, 0.25) is 0 Å². The van der Waals surface area contributed by atoms with E-state index in [9.17, 15) is 13.2 Å². The van der Waals surface area contributed by atoms with E-state index in [1.807, 2.05) is 23.1 Å². The number of likely N-dealkylation sites (tertiary alicyclic amines) is 1. The topological polar surface area (TPSA) is 70.2 Å². The molecular weight excluding hydrogens is 426 g/mol. The summed E-state index contributed by atoms with van der Waals surface area (Å²) in [7, 11) is -2.02. The average molecular weight is 458 g/mol. The van der Waals surface area contributed by atoms with Gasteiger partial charge in [0.2, 0.25) is 15.9 Å². The molecule has 4 rings (SSSR count). The number of benzene rings is 2. The zero-order chi connectivity index (χ0) is 22.6. The summed E-state index contributed by atoms with van der Waals surface area (Å²) in [4.78, 5) is 17.6. The molecule has 32 heavy (non-hydrogen) atoms. The van der Waals surface area contributed by atoms with Crippen LogP contribution in [0.4, 0.5) is 0 Å². The third kappa shape index (κ3) is 5.14. The summed E-state index contributed by atoms with van der Waals surface area (Å²) in [5.74, 6) is 0.759. The predicted molar refractivity (Wildman–Crippen MR) is 123 cm³/mol. The van der Waals surface area contributed by atoms with Crippen LogP contribution in [0, 0.1) is 5.92 Å². The number of piperazine rings is 1. The Kier molecular flexibility index (Phi) is 7.13. The lowest BCUT2D eigenvalue weighted by Crippen LogP contribution is -2.53. The van der Waals surface area contributed by atoms with E-state index in [2.05, 4.69) is 17.0 Å². The predicted octanol–water partition coefficient (Wildman–Crippen LogP) is 2.44. The number of ether oxygens (including phenoxy) is 1. The van der Waals surface area contributed by atoms with Crippen molar-refractivity contribution >= 4 is 15.9 Å². The third-order valence-electron chi connectivity index (χ3n) is 6.35. The Labute approximate surface area is 190 Å². The minimum atomic E-state index is -3.57. The lowest BCUT2D eigenvalue weighted by Gasteiger charge is -2.38. The number of hydrogen-bond acceptors (Lipinski definition) is 5. The van der Waals surface area contributed by atoms with E-state index < -0.39 is 10.0 Å². The molecule has 172 valence electrons. The molecule has 0 aromatic heterocycles. The zero-order valence-corrected chi connectivity index (χ0v) is 19.3. The average Bonchev–Trinajstić information content (AvgIpc) is 2.84. The van der Waals surface area contributed by atoms with Gasteiger partial charge in [-0.1, -0.05) is 30.3 Å². The second-order valence-electron chi connectivity index (χ2n) is 8.46. The fraction of sp³-hybridized carbons (Fsp3) is 0.458. The first-order valence-electron chi connectivity index (χ1n) is 11.2. The lowest BCUT2D eigenvalue weighted by atomic mass is 9.95. The van der Waals surface area contributed by atoms with Crippen LogP contribution in [0.5, 0.6) is 5.75 Å². The minimum absolute atomic E-state index is 0.0165. The first kappa shape index (κ1) is 22.8. The summed E-state index contributed by atoms with van der Waals surface area (Å²) < 4.78 is 32.5. The van der Waals surface area contributed by atoms with E-state index in [-0.39, 0.29) is 16.7 Å². The molecule has 0 aliphatic carbocycles. The zero-order valence-electron chi connectivity index (χ0n) is 18.5. The molecule has 7 nitrogen and oxygen atoms in total. The summed E-state index contributed by atoms with van der Waals surface area (Å²) in [6.07, 6.45) is 1.91. The number of hydrogen-bond donors (Lipinski definition) is 0. The van der Waals surface area contributed by atoms with Gasteiger partial charge in [0, 0.05) is 39.3 Å². The number of piperidine rings is 1. The van der Waals surface area contributed by atoms with Crippen molar-refractivity contribution < 1.29 is 17.9 Å². The molecular formula is C24H31N3O4S. The van der Waals surface area contributed by atoms with Gasteiger partial charge in [-0.15, -0.1) is 0 Å². The summed E-state index contributed by atoms with van der Waals surface area (Å²) in [6.45, 7) is 4.14. The smallest absolute Gasteiger partial charge is 0.243 e. The van der Waals surface area contributed by atoms with Crippen LogP contribution in [0.25, 0.3) is 0 Å². The van der Waals surface area contributed by atoms with Crippen molar-refractivity contribution in [3.05, 3.63) is 60.2 Å². The molecule has 0 N–H and O–H groups in total. The van der Waals surface area contributed by atoms with Crippen molar-refractivity contribution in [2.45, 2.75) is 24.3 Å². The maximum Gasteiger partial charge on any atom is 0.243 e. The quantitative estimate of drug-likeness (QED) is 0.667. The normalized spacial score (nSPS) is 20.8. The van der Waals surface area contributed by atoms with Crippen molar-refractivity contribution in [2.24, 2.45) is 5.92 Å². The summed E-state index contributed by atoms with van der Waals surface area (Å²) in [5, 5.41) is 0. The molecule has 0 radical (unpaired) electrons. The number of rotatable bonds is 6. The van der Waals surface area contributed by atoms with Gasteiger partial charge in [0.05, 0.1) is 17.9 Å². The fourth-order valence-electron chi connectivity index (χ4n) is 4.55. The van der Waals surface area contributed by atoms with Gasteiger partial charge in [-0.3, -0.25) is 9.69 Å². The molecule has 2 aliphatic heterocycles. The molecule has 2 fully saturated rings. The fourth-order valence-corrected chi connectivity index (χ4v) is 5.97. The Morgan fingerprint density at radius 3 is 2.31 bits per heavy atom. The van der Waals surface area contributed by atoms with E-state index in [1.165, 1.54) is 9.87 Å². The van der Waals surface area contributed by atoms with Gasteiger partial charge in [0.1, 0.15) is 5.75 Å². The van der Waals surface area contributed by atoms with Gasteiger partial charge in [0.15, 0.2) is 0 Å². The molecule has 0 spiro atoms. The van der Waals surface area contributed by atoms with Gasteiger partial charge >= 0.3 is 0 Å². The maximum atomic E-state index is 13.2. The minimum Gasteiger partial charge on any atom is -0.497 e. The Morgan fingerprint density at radius 1 is 0.969 bits per heavy atom. The van der Waals surface area contributed by atoms with Crippen LogP contribution < -0.4 is 4.74 Å². The van der Waals surface area contributed by atoms with Crippen LogP contribution in [0.1, 0.15) is 18.4 Å². The number of methoxy groups -OCH3 is 1. The molecule has 8 heteroatoms. The van der Waals surface area contributed by atoms with Crippen molar-refractivity contribution in [2.75, 3.05) is 46.4 Å². The van der Waals surface area contributed by atoms with Gasteiger partial charge < -0.3 is 9.64 Å². The Hall–Kier alpha value is -2.42. The van der Waals surface area contributed by atoms with Crippen molar-refractivity contribution in [3.63, 3.8) is 0 Å². The molecule has 1 atom stereocenters. The van der Waals surface area contributed by atoms with Crippen LogP contribution in [-0.4, -0.2) is 74.8 Å². The van der Waals surface area contributed by atoms with Gasteiger partial charge in [-0.05, 0) is 49.2 Å². The first-order chi connectivity index (χ1) is 15.5. The van der Waals surface area contributed by atoms with Crippen LogP contribution in [0.3, 0.4) is 0 Å². The molecule has 2 aromatic rings. The number of amides is 1. The Balaban J connectivity index is 1.32. The highest BCUT2D eigenvalue weighted by Gasteiger charge is 2.34. The Bertz CT molecular complexity index is 1000. The van der Waals surface area contributed by atoms with Crippen molar-refractivity contribution in [1.82, 2.24) is 14.1 Å². The third-order valence-corrected chi connectivity index (χ3v) is 8.26. The van der Waals surface area contributed by atoms with Crippen LogP contribution in [-0.2, 0) is 21.4 Å². The van der Waals surface area contributed by atoms with Crippen molar-refractivity contribution in [3.8, 4) is 5.75 Å². The van der Waals surface area contributed by atoms with E-state index in [4.69, 9.17) is 4.74 Å². The van der Waals surface area contributed by atoms with Crippen LogP contribution in [0.15, 0.2) is 59.5 Å². The highest BCUT2D eigenvalue weighted by atomic mass is 32.2. The van der Waals surface area contributed by atoms with Crippen molar-refractivity contribution in [1.29, 1.82) is 0 Å². The van der Waals surface area contributed by atoms with Crippen LogP contribution >= 0.6 is 0 Å². The summed E-state index contributed by atoms with van der Waals surface area (Å²) in [5.41, 5.74) is 1.26. The second kappa shape index (κ2) is 10.0. The molecule has 2 aromatic carbocycles. The highest BCUT2D eigenvalue weighted by Crippen LogP contribution is 2.24. The highest BCUT2D eigenvalue weighted by molar-refractivity contribution is 7.89. The van der Waals surface area contributed by atoms with E-state index in [0.717, 1.165) is 32.5 Å². The summed E-state index contributed by atoms with van der Waals surface area (Å²) in [6, 6.07) is 16.8. The molecule has 2 aliphatic rings. The molecule has 0 saturated carbocycles. The van der Waals surface area contributed by atoms with E-state index >= 15 is 0 Å². The van der Waals surface area contributed by atoms with Gasteiger partial charge in [-0.25, -0.2) is 8.42 Å². The monoisotopic (exact) mass is 457 g/mol. The van der Waals surface area contributed by atoms with E-state index in [0.29, 0.717) is 31.9 Å². The second-order valence-corrected chi connectivity index (χ2v) is 10.4. The van der Waals surface area contributed by atoms with Gasteiger partial charge in [0.25, 0.3) is 0 Å². The molecule has 0 bridgehead atoms. The number of carbonyl (C=O) groups excluding carboxylic acids is 1. The number of sulfonamides is 1. The SMILES string of the molecule is COc1ccc(S(=O)(=O)N2CCN(C(=O)C3CCCN(Cc4ccccc4)C3)CC2)cc1. The summed E-state index contributed by atoms with van der Waals surface area (Å²) >= 11 is 0. The lowest BCUT2D eigenvalue weighted by molar-refractivity contribution is -0.138. The largest absolute Gasteiger partial charge is 0.497 e. The Morgan fingerprint density at radius 2 is 1.66 bits per heavy atom. The first-order valence-corrected chi connectivity index (χ1v) is 12.6. The van der Waals surface area contributed by atoms with E-state index in [1.54, 1.807) is 31.4 Å². The molecule has 1 amide bonds. The van der Waals surface area contributed by atoms with Gasteiger partial charge in [-0.2, -0.15) is 4.31 Å². The molecule has 2 saturated heterocycles. The number of nitrogens with zero attached hydrogens (tertiary/aromatic N) is 3. The molecule has 2 heterocycles. The maximum absolute atomic E-state index is 13.2. The standard InChI is InChI=1S/C24H31N3O4S/c1-31-22-9-11-23(12-10-22)32(29,30)27-16-14-26(15-17-27)24(28)21-8-5-13-25(19-21)18-20-6-3-2-4-7-20/h2-4,6-7,9-12,21H,5,8,13-19H2,1H3. The molecule has 1 unspecified atom stereocenters.